The maximum absolute atomic E-state index is 12.2. The molecule has 8 heteroatoms. The van der Waals surface area contributed by atoms with E-state index in [4.69, 9.17) is 9.47 Å². The minimum Gasteiger partial charge on any atom is -0.376 e. The molecule has 2 atom stereocenters. The smallest absolute Gasteiger partial charge is 0.253 e. The summed E-state index contributed by atoms with van der Waals surface area (Å²) in [6.07, 6.45) is 7.36. The molecule has 1 saturated heterocycles. The summed E-state index contributed by atoms with van der Waals surface area (Å²) in [5.74, 6) is 0.422. The van der Waals surface area contributed by atoms with Crippen LogP contribution in [-0.2, 0) is 14.3 Å². The van der Waals surface area contributed by atoms with E-state index in [1.165, 1.54) is 6.33 Å². The molecule has 0 radical (unpaired) electrons. The standard InChI is InChI=1S/C16H21N5O3/c1-12(24-9-14-4-2-3-7-23-14)16(22)20-13-5-6-15(18-8-13)21-11-17-10-19-21/h5-6,8,10-12,14H,2-4,7,9H2,1H3,(H,20,22)/t12-,14-/m0/s1. The lowest BCUT2D eigenvalue weighted by atomic mass is 10.1. The minimum atomic E-state index is -0.550. The van der Waals surface area contributed by atoms with Gasteiger partial charge in [0.15, 0.2) is 5.82 Å². The quantitative estimate of drug-likeness (QED) is 0.864. The fourth-order valence-electron chi connectivity index (χ4n) is 2.43. The van der Waals surface area contributed by atoms with Crippen molar-refractivity contribution in [3.63, 3.8) is 0 Å². The normalized spacial score (nSPS) is 19.0. The average Bonchev–Trinajstić information content (AvgIpc) is 3.16. The summed E-state index contributed by atoms with van der Waals surface area (Å²) in [6.45, 7) is 2.95. The lowest BCUT2D eigenvalue weighted by molar-refractivity contribution is -0.130. The fraction of sp³-hybridized carbons (Fsp3) is 0.500. The van der Waals surface area contributed by atoms with E-state index in [9.17, 15) is 4.79 Å². The molecule has 3 rings (SSSR count). The third-order valence-electron chi connectivity index (χ3n) is 3.84. The first-order chi connectivity index (χ1) is 11.7. The number of pyridine rings is 1. The van der Waals surface area contributed by atoms with Crippen molar-refractivity contribution in [1.82, 2.24) is 19.7 Å². The van der Waals surface area contributed by atoms with Gasteiger partial charge in [-0.05, 0) is 38.3 Å². The SMILES string of the molecule is C[C@H](OC[C@@H]1CCCCO1)C(=O)Nc1ccc(-n2cncn2)nc1. The van der Waals surface area contributed by atoms with Crippen LogP contribution >= 0.6 is 0 Å². The second-order valence-electron chi connectivity index (χ2n) is 5.70. The van der Waals surface area contributed by atoms with E-state index < -0.39 is 6.10 Å². The number of anilines is 1. The van der Waals surface area contributed by atoms with Crippen LogP contribution in [0.3, 0.4) is 0 Å². The summed E-state index contributed by atoms with van der Waals surface area (Å²) in [6, 6.07) is 3.52. The topological polar surface area (TPSA) is 91.2 Å². The Morgan fingerprint density at radius 3 is 3.08 bits per heavy atom. The van der Waals surface area contributed by atoms with E-state index in [-0.39, 0.29) is 12.0 Å². The maximum atomic E-state index is 12.2. The van der Waals surface area contributed by atoms with Crippen molar-refractivity contribution < 1.29 is 14.3 Å². The Morgan fingerprint density at radius 2 is 2.42 bits per heavy atom. The van der Waals surface area contributed by atoms with E-state index >= 15 is 0 Å². The number of amides is 1. The van der Waals surface area contributed by atoms with Gasteiger partial charge in [0, 0.05) is 6.61 Å². The lowest BCUT2D eigenvalue weighted by Gasteiger charge is -2.23. The van der Waals surface area contributed by atoms with Gasteiger partial charge in [0.05, 0.1) is 24.6 Å². The van der Waals surface area contributed by atoms with Gasteiger partial charge in [0.1, 0.15) is 18.8 Å². The molecule has 1 fully saturated rings. The van der Waals surface area contributed by atoms with Crippen LogP contribution in [0.4, 0.5) is 5.69 Å². The molecule has 0 spiro atoms. The zero-order valence-corrected chi connectivity index (χ0v) is 13.6. The highest BCUT2D eigenvalue weighted by Crippen LogP contribution is 2.14. The minimum absolute atomic E-state index is 0.0950. The third-order valence-corrected chi connectivity index (χ3v) is 3.84. The Labute approximate surface area is 140 Å². The van der Waals surface area contributed by atoms with E-state index in [1.54, 1.807) is 36.3 Å². The van der Waals surface area contributed by atoms with E-state index in [2.05, 4.69) is 20.4 Å². The van der Waals surface area contributed by atoms with Crippen molar-refractivity contribution in [1.29, 1.82) is 0 Å². The number of hydrogen-bond donors (Lipinski definition) is 1. The molecular formula is C16H21N5O3. The first-order valence-electron chi connectivity index (χ1n) is 8.07. The number of hydrogen-bond acceptors (Lipinski definition) is 6. The van der Waals surface area contributed by atoms with Gasteiger partial charge in [-0.1, -0.05) is 0 Å². The molecule has 3 heterocycles. The molecule has 1 amide bonds. The van der Waals surface area contributed by atoms with Gasteiger partial charge in [-0.3, -0.25) is 4.79 Å². The summed E-state index contributed by atoms with van der Waals surface area (Å²) < 4.78 is 12.8. The van der Waals surface area contributed by atoms with Crippen LogP contribution < -0.4 is 5.32 Å². The predicted molar refractivity (Wildman–Crippen MR) is 86.8 cm³/mol. The van der Waals surface area contributed by atoms with E-state index in [1.807, 2.05) is 0 Å². The number of carbonyl (C=O) groups excluding carboxylic acids is 1. The second kappa shape index (κ2) is 7.98. The molecule has 2 aromatic rings. The van der Waals surface area contributed by atoms with Gasteiger partial charge in [0.25, 0.3) is 5.91 Å². The molecule has 0 bridgehead atoms. The monoisotopic (exact) mass is 331 g/mol. The molecular weight excluding hydrogens is 310 g/mol. The van der Waals surface area contributed by atoms with Gasteiger partial charge < -0.3 is 14.8 Å². The number of rotatable bonds is 6. The first-order valence-corrected chi connectivity index (χ1v) is 8.07. The molecule has 1 aliphatic heterocycles. The van der Waals surface area contributed by atoms with Crippen molar-refractivity contribution in [2.45, 2.75) is 38.4 Å². The summed E-state index contributed by atoms with van der Waals surface area (Å²) in [5.41, 5.74) is 0.605. The largest absolute Gasteiger partial charge is 0.376 e. The van der Waals surface area contributed by atoms with Crippen molar-refractivity contribution in [2.24, 2.45) is 0 Å². The summed E-state index contributed by atoms with van der Waals surface area (Å²) in [5, 5.41) is 6.79. The Kier molecular flexibility index (Phi) is 5.50. The Bertz CT molecular complexity index is 638. The van der Waals surface area contributed by atoms with Crippen LogP contribution in [0.1, 0.15) is 26.2 Å². The molecule has 1 aliphatic rings. The van der Waals surface area contributed by atoms with Crippen LogP contribution in [0.25, 0.3) is 5.82 Å². The second-order valence-corrected chi connectivity index (χ2v) is 5.70. The molecule has 0 unspecified atom stereocenters. The van der Waals surface area contributed by atoms with Crippen molar-refractivity contribution in [3.8, 4) is 5.82 Å². The third kappa shape index (κ3) is 4.36. The van der Waals surface area contributed by atoms with Crippen LogP contribution in [0, 0.1) is 0 Å². The molecule has 24 heavy (non-hydrogen) atoms. The van der Waals surface area contributed by atoms with Crippen LogP contribution in [0.5, 0.6) is 0 Å². The molecule has 2 aromatic heterocycles. The Hall–Kier alpha value is -2.32. The van der Waals surface area contributed by atoms with Crippen LogP contribution in [0.15, 0.2) is 31.0 Å². The number of aromatic nitrogens is 4. The molecule has 128 valence electrons. The molecule has 0 saturated carbocycles. The molecule has 0 aliphatic carbocycles. The average molecular weight is 331 g/mol. The van der Waals surface area contributed by atoms with E-state index in [0.29, 0.717) is 18.1 Å². The fourth-order valence-corrected chi connectivity index (χ4v) is 2.43. The summed E-state index contributed by atoms with van der Waals surface area (Å²) >= 11 is 0. The number of nitrogens with zero attached hydrogens (tertiary/aromatic N) is 4. The number of ether oxygens (including phenoxy) is 2. The zero-order chi connectivity index (χ0) is 16.8. The number of carbonyl (C=O) groups is 1. The number of nitrogens with one attached hydrogen (secondary N) is 1. The van der Waals surface area contributed by atoms with Crippen LogP contribution in [0.2, 0.25) is 0 Å². The Balaban J connectivity index is 1.48. The van der Waals surface area contributed by atoms with Gasteiger partial charge >= 0.3 is 0 Å². The van der Waals surface area contributed by atoms with E-state index in [0.717, 1.165) is 25.9 Å². The molecule has 1 N–H and O–H groups in total. The van der Waals surface area contributed by atoms with Gasteiger partial charge in [-0.25, -0.2) is 14.6 Å². The van der Waals surface area contributed by atoms with Crippen molar-refractivity contribution in [2.75, 3.05) is 18.5 Å². The highest BCUT2D eigenvalue weighted by molar-refractivity contribution is 5.93. The Morgan fingerprint density at radius 1 is 1.50 bits per heavy atom. The van der Waals surface area contributed by atoms with Crippen molar-refractivity contribution >= 4 is 11.6 Å². The van der Waals surface area contributed by atoms with Crippen LogP contribution in [-0.4, -0.2) is 51.1 Å². The highest BCUT2D eigenvalue weighted by atomic mass is 16.5. The first kappa shape index (κ1) is 16.5. The maximum Gasteiger partial charge on any atom is 0.253 e. The summed E-state index contributed by atoms with van der Waals surface area (Å²) in [7, 11) is 0. The van der Waals surface area contributed by atoms with Gasteiger partial charge in [-0.15, -0.1) is 0 Å². The van der Waals surface area contributed by atoms with Gasteiger partial charge in [-0.2, -0.15) is 5.10 Å². The molecule has 8 nitrogen and oxygen atoms in total. The molecule has 0 aromatic carbocycles. The zero-order valence-electron chi connectivity index (χ0n) is 13.6. The predicted octanol–water partition coefficient (Wildman–Crippen LogP) is 1.57. The van der Waals surface area contributed by atoms with Crippen molar-refractivity contribution in [3.05, 3.63) is 31.0 Å². The summed E-state index contributed by atoms with van der Waals surface area (Å²) in [4.78, 5) is 20.3. The highest BCUT2D eigenvalue weighted by Gasteiger charge is 2.19. The lowest BCUT2D eigenvalue weighted by Crippen LogP contribution is -2.32. The van der Waals surface area contributed by atoms with Gasteiger partial charge in [0.2, 0.25) is 0 Å².